The second kappa shape index (κ2) is 6.54. The number of carboxylic acid groups (broad SMARTS) is 1. The van der Waals surface area contributed by atoms with Gasteiger partial charge in [-0.3, -0.25) is 4.90 Å². The SMILES string of the molecule is COc1cccc(CN(C)Cc2ccc(C(=O)O)s2)c1. The summed E-state index contributed by atoms with van der Waals surface area (Å²) in [5, 5.41) is 8.91. The molecule has 0 atom stereocenters. The Hall–Kier alpha value is -1.85. The summed E-state index contributed by atoms with van der Waals surface area (Å²) in [6.45, 7) is 1.52. The number of hydrogen-bond donors (Lipinski definition) is 1. The summed E-state index contributed by atoms with van der Waals surface area (Å²) in [7, 11) is 3.67. The lowest BCUT2D eigenvalue weighted by molar-refractivity contribution is 0.0702. The molecule has 106 valence electrons. The highest BCUT2D eigenvalue weighted by Gasteiger charge is 2.09. The Kier molecular flexibility index (Phi) is 4.76. The molecular formula is C15H17NO3S. The Balaban J connectivity index is 1.97. The third-order valence-electron chi connectivity index (χ3n) is 2.88. The zero-order chi connectivity index (χ0) is 14.5. The fourth-order valence-corrected chi connectivity index (χ4v) is 2.91. The molecule has 5 heteroatoms. The Morgan fingerprint density at radius 1 is 1.30 bits per heavy atom. The van der Waals surface area contributed by atoms with Gasteiger partial charge in [0.05, 0.1) is 7.11 Å². The van der Waals surface area contributed by atoms with Gasteiger partial charge in [-0.25, -0.2) is 4.79 Å². The van der Waals surface area contributed by atoms with Gasteiger partial charge in [-0.05, 0) is 36.9 Å². The predicted molar refractivity (Wildman–Crippen MR) is 79.4 cm³/mol. The van der Waals surface area contributed by atoms with Crippen molar-refractivity contribution >= 4 is 17.3 Å². The maximum absolute atomic E-state index is 10.8. The van der Waals surface area contributed by atoms with Gasteiger partial charge in [0.25, 0.3) is 0 Å². The van der Waals surface area contributed by atoms with E-state index in [1.165, 1.54) is 16.9 Å². The molecule has 0 amide bonds. The van der Waals surface area contributed by atoms with Crippen molar-refractivity contribution in [2.24, 2.45) is 0 Å². The molecule has 0 aliphatic rings. The lowest BCUT2D eigenvalue weighted by atomic mass is 10.2. The third-order valence-corrected chi connectivity index (χ3v) is 3.94. The van der Waals surface area contributed by atoms with Crippen LogP contribution in [0.5, 0.6) is 5.75 Å². The average molecular weight is 291 g/mol. The fraction of sp³-hybridized carbons (Fsp3) is 0.267. The van der Waals surface area contributed by atoms with Gasteiger partial charge in [0.15, 0.2) is 0 Å². The van der Waals surface area contributed by atoms with Crippen LogP contribution in [0.15, 0.2) is 36.4 Å². The number of ether oxygens (including phenoxy) is 1. The molecule has 1 aromatic carbocycles. The highest BCUT2D eigenvalue weighted by atomic mass is 32.1. The third kappa shape index (κ3) is 3.82. The number of benzene rings is 1. The van der Waals surface area contributed by atoms with Crippen molar-refractivity contribution in [1.29, 1.82) is 0 Å². The number of methoxy groups -OCH3 is 1. The van der Waals surface area contributed by atoms with Crippen LogP contribution in [0.1, 0.15) is 20.1 Å². The largest absolute Gasteiger partial charge is 0.497 e. The monoisotopic (exact) mass is 291 g/mol. The molecule has 0 bridgehead atoms. The van der Waals surface area contributed by atoms with Crippen molar-refractivity contribution < 1.29 is 14.6 Å². The van der Waals surface area contributed by atoms with Crippen LogP contribution in [0, 0.1) is 0 Å². The van der Waals surface area contributed by atoms with Crippen molar-refractivity contribution in [2.45, 2.75) is 13.1 Å². The van der Waals surface area contributed by atoms with Gasteiger partial charge in [-0.15, -0.1) is 11.3 Å². The number of carboxylic acids is 1. The van der Waals surface area contributed by atoms with Gasteiger partial charge in [-0.1, -0.05) is 12.1 Å². The van der Waals surface area contributed by atoms with E-state index >= 15 is 0 Å². The van der Waals surface area contributed by atoms with Crippen molar-refractivity contribution in [1.82, 2.24) is 4.90 Å². The Morgan fingerprint density at radius 2 is 2.10 bits per heavy atom. The Bertz CT molecular complexity index is 594. The van der Waals surface area contributed by atoms with Crippen LogP contribution >= 0.6 is 11.3 Å². The van der Waals surface area contributed by atoms with E-state index < -0.39 is 5.97 Å². The van der Waals surface area contributed by atoms with Crippen molar-refractivity contribution in [3.63, 3.8) is 0 Å². The lowest BCUT2D eigenvalue weighted by Crippen LogP contribution is -2.16. The summed E-state index contributed by atoms with van der Waals surface area (Å²) in [6.07, 6.45) is 0. The normalized spacial score (nSPS) is 10.8. The first-order valence-corrected chi connectivity index (χ1v) is 7.03. The molecule has 2 rings (SSSR count). The summed E-state index contributed by atoms with van der Waals surface area (Å²) in [5.74, 6) is -0.0168. The standard InChI is InChI=1S/C15H17NO3S/c1-16(9-11-4-3-5-12(8-11)19-2)10-13-6-7-14(20-13)15(17)18/h3-8H,9-10H2,1-2H3,(H,17,18). The van der Waals surface area contributed by atoms with Crippen molar-refractivity contribution in [3.05, 3.63) is 51.7 Å². The number of thiophene rings is 1. The van der Waals surface area contributed by atoms with Gasteiger partial charge >= 0.3 is 5.97 Å². The van der Waals surface area contributed by atoms with Gasteiger partial charge in [0.2, 0.25) is 0 Å². The molecular weight excluding hydrogens is 274 g/mol. The minimum Gasteiger partial charge on any atom is -0.497 e. The topological polar surface area (TPSA) is 49.8 Å². The lowest BCUT2D eigenvalue weighted by Gasteiger charge is -2.16. The second-order valence-electron chi connectivity index (χ2n) is 4.59. The predicted octanol–water partition coefficient (Wildman–Crippen LogP) is 3.09. The number of rotatable bonds is 6. The average Bonchev–Trinajstić information content (AvgIpc) is 2.87. The van der Waals surface area contributed by atoms with Gasteiger partial charge in [0, 0.05) is 18.0 Å². The van der Waals surface area contributed by atoms with Crippen LogP contribution in [0.3, 0.4) is 0 Å². The molecule has 2 aromatic rings. The first-order chi connectivity index (χ1) is 9.58. The second-order valence-corrected chi connectivity index (χ2v) is 5.76. The van der Waals surface area contributed by atoms with Crippen LogP contribution in [0.2, 0.25) is 0 Å². The molecule has 0 aliphatic carbocycles. The maximum Gasteiger partial charge on any atom is 0.345 e. The smallest absolute Gasteiger partial charge is 0.345 e. The molecule has 0 fully saturated rings. The first-order valence-electron chi connectivity index (χ1n) is 6.22. The molecule has 1 N–H and O–H groups in total. The molecule has 20 heavy (non-hydrogen) atoms. The number of nitrogens with zero attached hydrogens (tertiary/aromatic N) is 1. The minimum atomic E-state index is -0.864. The van der Waals surface area contributed by atoms with Gasteiger partial charge < -0.3 is 9.84 Å². The molecule has 4 nitrogen and oxygen atoms in total. The van der Waals surface area contributed by atoms with E-state index in [0.29, 0.717) is 4.88 Å². The summed E-state index contributed by atoms with van der Waals surface area (Å²) in [4.78, 5) is 14.4. The summed E-state index contributed by atoms with van der Waals surface area (Å²) >= 11 is 1.32. The quantitative estimate of drug-likeness (QED) is 0.888. The maximum atomic E-state index is 10.8. The summed E-state index contributed by atoms with van der Waals surface area (Å²) in [5.41, 5.74) is 1.17. The molecule has 0 radical (unpaired) electrons. The zero-order valence-corrected chi connectivity index (χ0v) is 12.3. The molecule has 0 saturated carbocycles. The Morgan fingerprint density at radius 3 is 2.75 bits per heavy atom. The van der Waals surface area contributed by atoms with Crippen LogP contribution in [0.4, 0.5) is 0 Å². The van der Waals surface area contributed by atoms with Crippen molar-refractivity contribution in [3.8, 4) is 5.75 Å². The summed E-state index contributed by atoms with van der Waals surface area (Å²) in [6, 6.07) is 11.5. The van der Waals surface area contributed by atoms with Gasteiger partial charge in [0.1, 0.15) is 10.6 Å². The highest BCUT2D eigenvalue weighted by molar-refractivity contribution is 7.13. The van der Waals surface area contributed by atoms with Gasteiger partial charge in [-0.2, -0.15) is 0 Å². The van der Waals surface area contributed by atoms with E-state index in [2.05, 4.69) is 11.0 Å². The Labute approximate surface area is 122 Å². The van der Waals surface area contributed by atoms with E-state index in [1.807, 2.05) is 31.3 Å². The zero-order valence-electron chi connectivity index (χ0n) is 11.5. The van der Waals surface area contributed by atoms with E-state index in [1.54, 1.807) is 13.2 Å². The fourth-order valence-electron chi connectivity index (χ4n) is 1.98. The minimum absolute atomic E-state index is 0.384. The molecule has 0 spiro atoms. The molecule has 1 aromatic heterocycles. The number of carbonyl (C=O) groups is 1. The molecule has 0 unspecified atom stereocenters. The van der Waals surface area contributed by atoms with Crippen molar-refractivity contribution in [2.75, 3.05) is 14.2 Å². The number of aromatic carboxylic acids is 1. The van der Waals surface area contributed by atoms with Crippen LogP contribution in [-0.4, -0.2) is 30.1 Å². The molecule has 0 aliphatic heterocycles. The summed E-state index contributed by atoms with van der Waals surface area (Å²) < 4.78 is 5.20. The van der Waals surface area contributed by atoms with E-state index in [4.69, 9.17) is 9.84 Å². The van der Waals surface area contributed by atoms with E-state index in [9.17, 15) is 4.79 Å². The van der Waals surface area contributed by atoms with Crippen LogP contribution in [0.25, 0.3) is 0 Å². The highest BCUT2D eigenvalue weighted by Crippen LogP contribution is 2.19. The van der Waals surface area contributed by atoms with Crippen LogP contribution in [-0.2, 0) is 13.1 Å². The number of hydrogen-bond acceptors (Lipinski definition) is 4. The first kappa shape index (κ1) is 14.6. The molecule has 0 saturated heterocycles. The van der Waals surface area contributed by atoms with Crippen LogP contribution < -0.4 is 4.74 Å². The molecule has 1 heterocycles. The van der Waals surface area contributed by atoms with E-state index in [0.717, 1.165) is 23.7 Å². The van der Waals surface area contributed by atoms with E-state index in [-0.39, 0.29) is 0 Å².